The highest BCUT2D eigenvalue weighted by atomic mass is 32.2. The maximum atomic E-state index is 12.7. The maximum Gasteiger partial charge on any atom is 0.255 e. The molecule has 30 heavy (non-hydrogen) atoms. The molecule has 1 aliphatic rings. The molecule has 1 fully saturated rings. The van der Waals surface area contributed by atoms with E-state index in [-0.39, 0.29) is 18.2 Å². The summed E-state index contributed by atoms with van der Waals surface area (Å²) in [6, 6.07) is 14.6. The number of hydrogen-bond donors (Lipinski definition) is 1. The molecule has 9 heteroatoms. The summed E-state index contributed by atoms with van der Waals surface area (Å²) in [5.41, 5.74) is 1.42. The first-order chi connectivity index (χ1) is 14.4. The molecule has 0 aromatic heterocycles. The Morgan fingerprint density at radius 1 is 0.967 bits per heavy atom. The molecule has 1 amide bonds. The van der Waals surface area contributed by atoms with Crippen molar-refractivity contribution < 1.29 is 22.7 Å². The maximum absolute atomic E-state index is 12.7. The third kappa shape index (κ3) is 5.22. The summed E-state index contributed by atoms with van der Waals surface area (Å²) in [6.07, 6.45) is 0. The van der Waals surface area contributed by atoms with E-state index in [0.717, 1.165) is 11.4 Å². The standard InChI is InChI=1S/C21H27N3O5S/c1-28-18-9-7-17(8-10-18)23-12-14-24(15-13-23)30(26,27)16-11-22-21(25)19-5-3-4-6-20(19)29-2/h3-10H,11-16H2,1-2H3,(H,22,25). The van der Waals surface area contributed by atoms with Gasteiger partial charge in [0.15, 0.2) is 0 Å². The van der Waals surface area contributed by atoms with Crippen LogP contribution in [-0.2, 0) is 10.0 Å². The van der Waals surface area contributed by atoms with Crippen LogP contribution in [0.15, 0.2) is 48.5 Å². The highest BCUT2D eigenvalue weighted by Crippen LogP contribution is 2.21. The van der Waals surface area contributed by atoms with E-state index in [1.807, 2.05) is 24.3 Å². The minimum Gasteiger partial charge on any atom is -0.497 e. The molecule has 162 valence electrons. The molecule has 0 atom stereocenters. The van der Waals surface area contributed by atoms with Gasteiger partial charge in [-0.25, -0.2) is 8.42 Å². The number of carbonyl (C=O) groups excluding carboxylic acids is 1. The van der Waals surface area contributed by atoms with Gasteiger partial charge in [-0.05, 0) is 36.4 Å². The van der Waals surface area contributed by atoms with Crippen LogP contribution in [0.4, 0.5) is 5.69 Å². The highest BCUT2D eigenvalue weighted by molar-refractivity contribution is 7.89. The van der Waals surface area contributed by atoms with Gasteiger partial charge in [0.25, 0.3) is 5.91 Å². The van der Waals surface area contributed by atoms with Gasteiger partial charge < -0.3 is 19.7 Å². The Hall–Kier alpha value is -2.78. The van der Waals surface area contributed by atoms with Crippen molar-refractivity contribution in [1.82, 2.24) is 9.62 Å². The monoisotopic (exact) mass is 433 g/mol. The number of amides is 1. The smallest absolute Gasteiger partial charge is 0.255 e. The number of benzene rings is 2. The number of ether oxygens (including phenoxy) is 2. The van der Waals surface area contributed by atoms with Crippen molar-refractivity contribution in [1.29, 1.82) is 0 Å². The van der Waals surface area contributed by atoms with Crippen molar-refractivity contribution in [2.45, 2.75) is 0 Å². The average molecular weight is 434 g/mol. The summed E-state index contributed by atoms with van der Waals surface area (Å²) >= 11 is 0. The first kappa shape index (κ1) is 21.9. The van der Waals surface area contributed by atoms with E-state index in [4.69, 9.17) is 9.47 Å². The Labute approximate surface area is 177 Å². The molecular weight excluding hydrogens is 406 g/mol. The van der Waals surface area contributed by atoms with Crippen LogP contribution in [0.2, 0.25) is 0 Å². The summed E-state index contributed by atoms with van der Waals surface area (Å²) in [5, 5.41) is 2.67. The van der Waals surface area contributed by atoms with Gasteiger partial charge in [-0.15, -0.1) is 0 Å². The van der Waals surface area contributed by atoms with Crippen LogP contribution in [-0.4, -0.2) is 71.3 Å². The van der Waals surface area contributed by atoms with E-state index >= 15 is 0 Å². The van der Waals surface area contributed by atoms with Crippen LogP contribution in [0.1, 0.15) is 10.4 Å². The van der Waals surface area contributed by atoms with Crippen LogP contribution in [0.3, 0.4) is 0 Å². The van der Waals surface area contributed by atoms with Crippen LogP contribution >= 0.6 is 0 Å². The second-order valence-corrected chi connectivity index (χ2v) is 8.94. The Bertz CT molecular complexity index is 955. The molecule has 0 unspecified atom stereocenters. The van der Waals surface area contributed by atoms with Crippen molar-refractivity contribution in [2.75, 3.05) is 57.6 Å². The Morgan fingerprint density at radius 3 is 2.27 bits per heavy atom. The van der Waals surface area contributed by atoms with Crippen molar-refractivity contribution in [2.24, 2.45) is 0 Å². The number of para-hydroxylation sites is 1. The van der Waals surface area contributed by atoms with Crippen molar-refractivity contribution in [3.05, 3.63) is 54.1 Å². The van der Waals surface area contributed by atoms with E-state index in [1.165, 1.54) is 11.4 Å². The quantitative estimate of drug-likeness (QED) is 0.680. The third-order valence-corrected chi connectivity index (χ3v) is 6.94. The molecule has 0 aliphatic carbocycles. The largest absolute Gasteiger partial charge is 0.497 e. The zero-order valence-electron chi connectivity index (χ0n) is 17.2. The Balaban J connectivity index is 1.50. The van der Waals surface area contributed by atoms with Gasteiger partial charge in [0.2, 0.25) is 10.0 Å². The zero-order valence-corrected chi connectivity index (χ0v) is 18.0. The second kappa shape index (κ2) is 9.82. The van der Waals surface area contributed by atoms with Gasteiger partial charge >= 0.3 is 0 Å². The summed E-state index contributed by atoms with van der Waals surface area (Å²) in [6.45, 7) is 2.08. The molecule has 1 heterocycles. The summed E-state index contributed by atoms with van der Waals surface area (Å²) in [5.74, 6) is 0.741. The van der Waals surface area contributed by atoms with Crippen LogP contribution in [0.5, 0.6) is 11.5 Å². The first-order valence-electron chi connectivity index (χ1n) is 9.72. The van der Waals surface area contributed by atoms with Gasteiger partial charge in [0, 0.05) is 38.4 Å². The molecule has 0 radical (unpaired) electrons. The van der Waals surface area contributed by atoms with Gasteiger partial charge in [-0.2, -0.15) is 4.31 Å². The number of anilines is 1. The minimum atomic E-state index is -3.45. The van der Waals surface area contributed by atoms with E-state index in [9.17, 15) is 13.2 Å². The van der Waals surface area contributed by atoms with Gasteiger partial charge in [0.05, 0.1) is 25.5 Å². The number of piperazine rings is 1. The average Bonchev–Trinajstić information content (AvgIpc) is 2.79. The summed E-state index contributed by atoms with van der Waals surface area (Å²) in [7, 11) is -0.342. The fourth-order valence-electron chi connectivity index (χ4n) is 3.37. The SMILES string of the molecule is COc1ccc(N2CCN(S(=O)(=O)CCNC(=O)c3ccccc3OC)CC2)cc1. The van der Waals surface area contributed by atoms with E-state index in [0.29, 0.717) is 37.5 Å². The van der Waals surface area contributed by atoms with Crippen molar-refractivity contribution in [3.8, 4) is 11.5 Å². The van der Waals surface area contributed by atoms with Crippen LogP contribution in [0.25, 0.3) is 0 Å². The number of rotatable bonds is 8. The molecule has 0 bridgehead atoms. The van der Waals surface area contributed by atoms with E-state index < -0.39 is 10.0 Å². The number of hydrogen-bond acceptors (Lipinski definition) is 6. The minimum absolute atomic E-state index is 0.0396. The predicted molar refractivity (Wildman–Crippen MR) is 116 cm³/mol. The highest BCUT2D eigenvalue weighted by Gasteiger charge is 2.27. The molecule has 0 spiro atoms. The molecule has 2 aromatic carbocycles. The molecule has 8 nitrogen and oxygen atoms in total. The Morgan fingerprint density at radius 2 is 1.63 bits per heavy atom. The van der Waals surface area contributed by atoms with Gasteiger partial charge in [-0.3, -0.25) is 4.79 Å². The zero-order chi connectivity index (χ0) is 21.6. The van der Waals surface area contributed by atoms with E-state index in [2.05, 4.69) is 10.2 Å². The lowest BCUT2D eigenvalue weighted by Crippen LogP contribution is -2.50. The fourth-order valence-corrected chi connectivity index (χ4v) is 4.71. The Kier molecular flexibility index (Phi) is 7.17. The lowest BCUT2D eigenvalue weighted by Gasteiger charge is -2.35. The van der Waals surface area contributed by atoms with Gasteiger partial charge in [-0.1, -0.05) is 12.1 Å². The molecule has 1 N–H and O–H groups in total. The van der Waals surface area contributed by atoms with Crippen molar-refractivity contribution in [3.63, 3.8) is 0 Å². The molecule has 2 aromatic rings. The lowest BCUT2D eigenvalue weighted by atomic mass is 10.2. The molecule has 0 saturated carbocycles. The number of carbonyl (C=O) groups is 1. The van der Waals surface area contributed by atoms with Crippen LogP contribution < -0.4 is 19.7 Å². The molecule has 3 rings (SSSR count). The summed E-state index contributed by atoms with van der Waals surface area (Å²) in [4.78, 5) is 14.5. The molecule has 1 saturated heterocycles. The first-order valence-corrected chi connectivity index (χ1v) is 11.3. The molecular formula is C21H27N3O5S. The normalized spacial score (nSPS) is 14.9. The second-order valence-electron chi connectivity index (χ2n) is 6.86. The fraction of sp³-hybridized carbons (Fsp3) is 0.381. The predicted octanol–water partition coefficient (Wildman–Crippen LogP) is 1.59. The molecule has 1 aliphatic heterocycles. The number of sulfonamides is 1. The topological polar surface area (TPSA) is 88.2 Å². The number of nitrogens with zero attached hydrogens (tertiary/aromatic N) is 2. The number of methoxy groups -OCH3 is 2. The number of nitrogens with one attached hydrogen (secondary N) is 1. The van der Waals surface area contributed by atoms with E-state index in [1.54, 1.807) is 31.4 Å². The van der Waals surface area contributed by atoms with Crippen molar-refractivity contribution >= 4 is 21.6 Å². The van der Waals surface area contributed by atoms with Crippen LogP contribution in [0, 0.1) is 0 Å². The third-order valence-electron chi connectivity index (χ3n) is 5.07. The summed E-state index contributed by atoms with van der Waals surface area (Å²) < 4.78 is 37.2. The lowest BCUT2D eigenvalue weighted by molar-refractivity contribution is 0.0953. The van der Waals surface area contributed by atoms with Gasteiger partial charge in [0.1, 0.15) is 11.5 Å².